The van der Waals surface area contributed by atoms with Crippen molar-refractivity contribution >= 4 is 0 Å². The zero-order valence-corrected chi connectivity index (χ0v) is 10.4. The van der Waals surface area contributed by atoms with Gasteiger partial charge < -0.3 is 0 Å². The van der Waals surface area contributed by atoms with Gasteiger partial charge in [-0.1, -0.05) is 48.6 Å². The second kappa shape index (κ2) is 9.37. The predicted octanol–water partition coefficient (Wildman–Crippen LogP) is 3.32. The molecular weight excluding hydrogens is 206 g/mol. The minimum absolute atomic E-state index is 0.952. The summed E-state index contributed by atoms with van der Waals surface area (Å²) < 4.78 is 0. The highest BCUT2D eigenvalue weighted by atomic mass is 14.8. The maximum absolute atomic E-state index is 3.06. The third kappa shape index (κ3) is 7.09. The van der Waals surface area contributed by atoms with Crippen molar-refractivity contribution in [1.29, 1.82) is 0 Å². The van der Waals surface area contributed by atoms with Crippen molar-refractivity contribution in [3.8, 4) is 23.9 Å². The van der Waals surface area contributed by atoms with Crippen LogP contribution in [0.25, 0.3) is 0 Å². The van der Waals surface area contributed by atoms with Crippen LogP contribution in [0.2, 0.25) is 0 Å². The van der Waals surface area contributed by atoms with Crippen molar-refractivity contribution in [2.24, 2.45) is 0 Å². The van der Waals surface area contributed by atoms with Crippen molar-refractivity contribution in [2.75, 3.05) is 0 Å². The van der Waals surface area contributed by atoms with Gasteiger partial charge in [0.2, 0.25) is 0 Å². The lowest BCUT2D eigenvalue weighted by atomic mass is 10.1. The smallest absolute Gasteiger partial charge is 0.0171 e. The summed E-state index contributed by atoms with van der Waals surface area (Å²) in [6.45, 7) is 1.79. The molecule has 1 nitrogen and oxygen atoms in total. The molecular formula is C16H19N. The van der Waals surface area contributed by atoms with E-state index in [1.807, 2.05) is 0 Å². The van der Waals surface area contributed by atoms with Gasteiger partial charge in [0.25, 0.3) is 0 Å². The van der Waals surface area contributed by atoms with E-state index < -0.39 is 0 Å². The van der Waals surface area contributed by atoms with Crippen molar-refractivity contribution in [2.45, 2.75) is 39.0 Å². The predicted molar refractivity (Wildman–Crippen MR) is 73.0 cm³/mol. The van der Waals surface area contributed by atoms with Gasteiger partial charge in [-0.25, -0.2) is 0 Å². The van der Waals surface area contributed by atoms with E-state index in [0.29, 0.717) is 0 Å². The highest BCUT2D eigenvalue weighted by Gasteiger charge is 1.91. The fraction of sp³-hybridized carbons (Fsp3) is 0.375. The van der Waals surface area contributed by atoms with E-state index in [2.05, 4.69) is 59.6 Å². The van der Waals surface area contributed by atoms with Gasteiger partial charge in [-0.15, -0.1) is 0 Å². The van der Waals surface area contributed by atoms with Crippen LogP contribution in [-0.4, -0.2) is 0 Å². The van der Waals surface area contributed by atoms with E-state index in [4.69, 9.17) is 0 Å². The first-order valence-electron chi connectivity index (χ1n) is 6.12. The molecule has 0 atom stereocenters. The van der Waals surface area contributed by atoms with Gasteiger partial charge in [-0.3, -0.25) is 5.32 Å². The molecule has 0 bridgehead atoms. The molecule has 88 valence electrons. The Bertz CT molecular complexity index is 412. The second-order valence-corrected chi connectivity index (χ2v) is 3.85. The molecule has 0 saturated carbocycles. The Morgan fingerprint density at radius 2 is 1.82 bits per heavy atom. The van der Waals surface area contributed by atoms with E-state index in [9.17, 15) is 0 Å². The van der Waals surface area contributed by atoms with Crippen LogP contribution >= 0.6 is 0 Å². The lowest BCUT2D eigenvalue weighted by Gasteiger charge is -1.99. The summed E-state index contributed by atoms with van der Waals surface area (Å²) in [6, 6.07) is 16.2. The average molecular weight is 225 g/mol. The quantitative estimate of drug-likeness (QED) is 0.460. The standard InChI is InChI=1S/C16H19N/c1-2-14-17-15-10-5-3-4-7-11-16-12-8-6-9-13-16/h6,8-9,12-13,17H,3-5,7,11H2,1H3. The normalized spacial score (nSPS) is 8.53. The van der Waals surface area contributed by atoms with Gasteiger partial charge in [-0.2, -0.15) is 0 Å². The molecule has 0 amide bonds. The number of nitrogens with one attached hydrogen (secondary N) is 1. The van der Waals surface area contributed by atoms with Crippen LogP contribution in [-0.2, 0) is 6.42 Å². The first-order chi connectivity index (χ1) is 8.43. The number of rotatable bonds is 5. The third-order valence-electron chi connectivity index (χ3n) is 2.45. The summed E-state index contributed by atoms with van der Waals surface area (Å²) in [7, 11) is 0. The Hall–Kier alpha value is -1.86. The lowest BCUT2D eigenvalue weighted by Crippen LogP contribution is -1.92. The molecule has 0 aliphatic rings. The van der Waals surface area contributed by atoms with Crippen molar-refractivity contribution < 1.29 is 0 Å². The number of hydrogen-bond donors (Lipinski definition) is 1. The molecule has 1 rings (SSSR count). The molecule has 0 saturated heterocycles. The van der Waals surface area contributed by atoms with Crippen molar-refractivity contribution in [3.63, 3.8) is 0 Å². The van der Waals surface area contributed by atoms with Crippen LogP contribution in [0.4, 0.5) is 0 Å². The van der Waals surface area contributed by atoms with Gasteiger partial charge in [0.1, 0.15) is 0 Å². The fourth-order valence-corrected chi connectivity index (χ4v) is 1.56. The number of unbranched alkanes of at least 4 members (excludes halogenated alkanes) is 3. The number of hydrogen-bond acceptors (Lipinski definition) is 1. The Morgan fingerprint density at radius 1 is 1.00 bits per heavy atom. The Morgan fingerprint density at radius 3 is 2.59 bits per heavy atom. The molecule has 1 heteroatoms. The van der Waals surface area contributed by atoms with Crippen LogP contribution in [0.5, 0.6) is 0 Å². The molecule has 0 radical (unpaired) electrons. The summed E-state index contributed by atoms with van der Waals surface area (Å²) >= 11 is 0. The van der Waals surface area contributed by atoms with Crippen LogP contribution in [0, 0.1) is 23.9 Å². The topological polar surface area (TPSA) is 12.0 Å². The highest BCUT2D eigenvalue weighted by molar-refractivity contribution is 5.14. The van der Waals surface area contributed by atoms with E-state index in [1.54, 1.807) is 6.92 Å². The Balaban J connectivity index is 2.00. The molecule has 0 spiro atoms. The van der Waals surface area contributed by atoms with Gasteiger partial charge in [0.15, 0.2) is 0 Å². The molecule has 0 aliphatic heterocycles. The van der Waals surface area contributed by atoms with E-state index >= 15 is 0 Å². The monoisotopic (exact) mass is 225 g/mol. The van der Waals surface area contributed by atoms with Gasteiger partial charge in [0, 0.05) is 18.5 Å². The van der Waals surface area contributed by atoms with Gasteiger partial charge in [-0.05, 0) is 31.7 Å². The molecule has 1 N–H and O–H groups in total. The molecule has 0 heterocycles. The van der Waals surface area contributed by atoms with E-state index in [-0.39, 0.29) is 0 Å². The summed E-state index contributed by atoms with van der Waals surface area (Å²) in [5.74, 6) is 5.79. The second-order valence-electron chi connectivity index (χ2n) is 3.85. The van der Waals surface area contributed by atoms with E-state index in [0.717, 1.165) is 6.42 Å². The van der Waals surface area contributed by atoms with Crippen molar-refractivity contribution in [3.05, 3.63) is 35.9 Å². The molecule has 17 heavy (non-hydrogen) atoms. The Labute approximate surface area is 105 Å². The fourth-order valence-electron chi connectivity index (χ4n) is 1.56. The minimum Gasteiger partial charge on any atom is -0.274 e. The van der Waals surface area contributed by atoms with E-state index in [1.165, 1.54) is 31.2 Å². The van der Waals surface area contributed by atoms with Gasteiger partial charge in [0.05, 0.1) is 0 Å². The van der Waals surface area contributed by atoms with Gasteiger partial charge >= 0.3 is 0 Å². The largest absolute Gasteiger partial charge is 0.274 e. The third-order valence-corrected chi connectivity index (χ3v) is 2.45. The van der Waals surface area contributed by atoms with Crippen LogP contribution in [0.3, 0.4) is 0 Å². The Kier molecular flexibility index (Phi) is 7.28. The maximum Gasteiger partial charge on any atom is 0.0171 e. The molecule has 1 aromatic rings. The summed E-state index contributed by atoms with van der Waals surface area (Å²) in [6.07, 6.45) is 5.78. The zero-order chi connectivity index (χ0) is 12.2. The summed E-state index contributed by atoms with van der Waals surface area (Å²) in [4.78, 5) is 0. The minimum atomic E-state index is 0.952. The average Bonchev–Trinajstić information content (AvgIpc) is 2.38. The maximum atomic E-state index is 3.06. The van der Waals surface area contributed by atoms with Crippen molar-refractivity contribution in [1.82, 2.24) is 5.32 Å². The molecule has 0 aromatic heterocycles. The lowest BCUT2D eigenvalue weighted by molar-refractivity contribution is 0.692. The first kappa shape index (κ1) is 13.2. The molecule has 0 aliphatic carbocycles. The molecule has 1 aromatic carbocycles. The highest BCUT2D eigenvalue weighted by Crippen LogP contribution is 2.06. The zero-order valence-electron chi connectivity index (χ0n) is 10.4. The summed E-state index contributed by atoms with van der Waals surface area (Å²) in [5.41, 5.74) is 1.43. The first-order valence-corrected chi connectivity index (χ1v) is 6.12. The summed E-state index contributed by atoms with van der Waals surface area (Å²) in [5, 5.41) is 2.73. The SMILES string of the molecule is CC#CNC#CCCCCCc1ccccc1. The number of aryl methyl sites for hydroxylation is 1. The van der Waals surface area contributed by atoms with Crippen LogP contribution < -0.4 is 5.32 Å². The number of benzene rings is 1. The van der Waals surface area contributed by atoms with Crippen LogP contribution in [0.15, 0.2) is 30.3 Å². The molecule has 0 unspecified atom stereocenters. The molecule has 0 fully saturated rings. The van der Waals surface area contributed by atoms with Crippen LogP contribution in [0.1, 0.15) is 38.2 Å².